The van der Waals surface area contributed by atoms with Gasteiger partial charge in [0.05, 0.1) is 23.3 Å². The van der Waals surface area contributed by atoms with E-state index in [0.29, 0.717) is 6.61 Å². The molecule has 5 aromatic rings. The van der Waals surface area contributed by atoms with Gasteiger partial charge in [-0.1, -0.05) is 54.1 Å². The molecule has 3 aromatic carbocycles. The highest BCUT2D eigenvalue weighted by Crippen LogP contribution is 2.36. The average molecular weight is 413 g/mol. The molecule has 0 radical (unpaired) electrons. The number of ether oxygens (including phenoxy) is 1. The summed E-state index contributed by atoms with van der Waals surface area (Å²) in [5.74, 6) is 0.865. The molecule has 148 valence electrons. The SMILES string of the molecule is Cc1nccc2c1[nH]c1c(-c3ccc(OCCc4ccccc4)cc3)cc(Cl)cc12. The minimum Gasteiger partial charge on any atom is -0.493 e. The molecule has 0 spiro atoms. The number of aryl methyl sites for hydroxylation is 1. The van der Waals surface area contributed by atoms with Gasteiger partial charge in [0, 0.05) is 34.0 Å². The summed E-state index contributed by atoms with van der Waals surface area (Å²) in [7, 11) is 0. The van der Waals surface area contributed by atoms with Gasteiger partial charge in [-0.05, 0) is 48.4 Å². The third-order valence-electron chi connectivity index (χ3n) is 5.45. The first-order valence-corrected chi connectivity index (χ1v) is 10.4. The minimum atomic E-state index is 0.652. The van der Waals surface area contributed by atoms with Crippen LogP contribution in [0.1, 0.15) is 11.3 Å². The van der Waals surface area contributed by atoms with E-state index in [-0.39, 0.29) is 0 Å². The lowest BCUT2D eigenvalue weighted by Gasteiger charge is -2.09. The van der Waals surface area contributed by atoms with Crippen molar-refractivity contribution in [3.8, 4) is 16.9 Å². The lowest BCUT2D eigenvalue weighted by atomic mass is 10.0. The standard InChI is InChI=1S/C26H21ClN2O/c1-17-25-22(11-13-28-17)24-16-20(27)15-23(26(24)29-25)19-7-9-21(10-8-19)30-14-12-18-5-3-2-4-6-18/h2-11,13,15-16,29H,12,14H2,1H3. The van der Waals surface area contributed by atoms with Gasteiger partial charge in [-0.25, -0.2) is 0 Å². The first-order valence-electron chi connectivity index (χ1n) is 10.0. The summed E-state index contributed by atoms with van der Waals surface area (Å²) in [6.45, 7) is 2.67. The Labute approximate surface area is 180 Å². The van der Waals surface area contributed by atoms with Gasteiger partial charge in [0.15, 0.2) is 0 Å². The molecule has 0 bridgehead atoms. The van der Waals surface area contributed by atoms with Crippen LogP contribution in [0.25, 0.3) is 32.9 Å². The van der Waals surface area contributed by atoms with Crippen LogP contribution in [0.15, 0.2) is 79.0 Å². The molecule has 0 saturated carbocycles. The van der Waals surface area contributed by atoms with E-state index in [9.17, 15) is 0 Å². The fourth-order valence-corrected chi connectivity index (χ4v) is 4.14. The number of hydrogen-bond donors (Lipinski definition) is 1. The van der Waals surface area contributed by atoms with Crippen LogP contribution in [0.5, 0.6) is 5.75 Å². The number of H-pyrrole nitrogens is 1. The normalized spacial score (nSPS) is 11.3. The highest BCUT2D eigenvalue weighted by Gasteiger charge is 2.13. The molecular formula is C26H21ClN2O. The number of fused-ring (bicyclic) bond motifs is 3. The van der Waals surface area contributed by atoms with Gasteiger partial charge < -0.3 is 9.72 Å². The lowest BCUT2D eigenvalue weighted by Crippen LogP contribution is -2.01. The van der Waals surface area contributed by atoms with E-state index in [2.05, 4.69) is 46.4 Å². The second-order valence-electron chi connectivity index (χ2n) is 7.43. The Balaban J connectivity index is 1.44. The Bertz CT molecular complexity index is 1320. The minimum absolute atomic E-state index is 0.652. The fourth-order valence-electron chi connectivity index (χ4n) is 3.92. The second-order valence-corrected chi connectivity index (χ2v) is 7.86. The fraction of sp³-hybridized carbons (Fsp3) is 0.115. The molecule has 0 aliphatic heterocycles. The molecule has 0 aliphatic rings. The number of benzene rings is 3. The first-order chi connectivity index (χ1) is 14.7. The van der Waals surface area contributed by atoms with E-state index >= 15 is 0 Å². The van der Waals surface area contributed by atoms with E-state index in [4.69, 9.17) is 16.3 Å². The van der Waals surface area contributed by atoms with Crippen molar-refractivity contribution in [1.29, 1.82) is 0 Å². The number of rotatable bonds is 5. The number of pyridine rings is 1. The van der Waals surface area contributed by atoms with Crippen LogP contribution in [0, 0.1) is 6.92 Å². The van der Waals surface area contributed by atoms with E-state index in [1.807, 2.05) is 49.5 Å². The van der Waals surface area contributed by atoms with Crippen molar-refractivity contribution < 1.29 is 4.74 Å². The molecule has 3 nitrogen and oxygen atoms in total. The third-order valence-corrected chi connectivity index (χ3v) is 5.67. The summed E-state index contributed by atoms with van der Waals surface area (Å²) < 4.78 is 5.93. The molecule has 30 heavy (non-hydrogen) atoms. The Hall–Kier alpha value is -3.30. The second kappa shape index (κ2) is 7.85. The van der Waals surface area contributed by atoms with Gasteiger partial charge in [0.1, 0.15) is 5.75 Å². The Morgan fingerprint density at radius 1 is 0.900 bits per heavy atom. The van der Waals surface area contributed by atoms with Crippen LogP contribution >= 0.6 is 11.6 Å². The van der Waals surface area contributed by atoms with Crippen LogP contribution in [0.3, 0.4) is 0 Å². The molecule has 0 saturated heterocycles. The molecule has 0 atom stereocenters. The maximum absolute atomic E-state index is 6.47. The monoisotopic (exact) mass is 412 g/mol. The summed E-state index contributed by atoms with van der Waals surface area (Å²) in [6, 6.07) is 24.6. The van der Waals surface area contributed by atoms with Crippen molar-refractivity contribution in [1.82, 2.24) is 9.97 Å². The first kappa shape index (κ1) is 18.7. The quantitative estimate of drug-likeness (QED) is 0.338. The van der Waals surface area contributed by atoms with Crippen LogP contribution in [0.4, 0.5) is 0 Å². The van der Waals surface area contributed by atoms with Crippen molar-refractivity contribution in [2.75, 3.05) is 6.61 Å². The summed E-state index contributed by atoms with van der Waals surface area (Å²) >= 11 is 6.47. The largest absolute Gasteiger partial charge is 0.493 e. The number of halogens is 1. The molecule has 5 rings (SSSR count). The van der Waals surface area contributed by atoms with Crippen molar-refractivity contribution >= 4 is 33.4 Å². The molecule has 0 unspecified atom stereocenters. The lowest BCUT2D eigenvalue weighted by molar-refractivity contribution is 0.322. The maximum atomic E-state index is 6.47. The summed E-state index contributed by atoms with van der Waals surface area (Å²) in [5.41, 5.74) is 6.55. The van der Waals surface area contributed by atoms with Gasteiger partial charge in [-0.2, -0.15) is 0 Å². The zero-order valence-corrected chi connectivity index (χ0v) is 17.4. The molecule has 0 aliphatic carbocycles. The van der Waals surface area contributed by atoms with Crippen LogP contribution < -0.4 is 4.74 Å². The molecule has 4 heteroatoms. The number of nitrogens with one attached hydrogen (secondary N) is 1. The van der Waals surface area contributed by atoms with E-state index < -0.39 is 0 Å². The Morgan fingerprint density at radius 2 is 1.70 bits per heavy atom. The number of nitrogens with zero attached hydrogens (tertiary/aromatic N) is 1. The van der Waals surface area contributed by atoms with Crippen LogP contribution in [-0.4, -0.2) is 16.6 Å². The van der Waals surface area contributed by atoms with Gasteiger partial charge in [0.2, 0.25) is 0 Å². The van der Waals surface area contributed by atoms with Crippen molar-refractivity contribution in [2.45, 2.75) is 13.3 Å². The van der Waals surface area contributed by atoms with E-state index in [0.717, 1.165) is 55.8 Å². The predicted molar refractivity (Wildman–Crippen MR) is 124 cm³/mol. The third kappa shape index (κ3) is 3.53. The van der Waals surface area contributed by atoms with Gasteiger partial charge in [-0.3, -0.25) is 4.98 Å². The number of aromatic amines is 1. The highest BCUT2D eigenvalue weighted by atomic mass is 35.5. The van der Waals surface area contributed by atoms with E-state index in [1.54, 1.807) is 0 Å². The molecule has 1 N–H and O–H groups in total. The highest BCUT2D eigenvalue weighted by molar-refractivity contribution is 6.32. The summed E-state index contributed by atoms with van der Waals surface area (Å²) in [5, 5.41) is 2.97. The van der Waals surface area contributed by atoms with E-state index in [1.165, 1.54) is 5.56 Å². The molecule has 0 fully saturated rings. The average Bonchev–Trinajstić information content (AvgIpc) is 3.14. The smallest absolute Gasteiger partial charge is 0.119 e. The molecule has 0 amide bonds. The van der Waals surface area contributed by atoms with Crippen LogP contribution in [0.2, 0.25) is 5.02 Å². The van der Waals surface area contributed by atoms with Crippen LogP contribution in [-0.2, 0) is 6.42 Å². The van der Waals surface area contributed by atoms with Crippen molar-refractivity contribution in [3.05, 3.63) is 95.3 Å². The zero-order valence-electron chi connectivity index (χ0n) is 16.7. The molecule has 2 aromatic heterocycles. The topological polar surface area (TPSA) is 37.9 Å². The molecule has 2 heterocycles. The van der Waals surface area contributed by atoms with Gasteiger partial charge in [0.25, 0.3) is 0 Å². The maximum Gasteiger partial charge on any atom is 0.119 e. The Kier molecular flexibility index (Phi) is 4.89. The van der Waals surface area contributed by atoms with Crippen molar-refractivity contribution in [3.63, 3.8) is 0 Å². The zero-order chi connectivity index (χ0) is 20.5. The summed E-state index contributed by atoms with van der Waals surface area (Å²) in [4.78, 5) is 7.96. The molecular weight excluding hydrogens is 392 g/mol. The van der Waals surface area contributed by atoms with Gasteiger partial charge >= 0.3 is 0 Å². The predicted octanol–water partition coefficient (Wildman–Crippen LogP) is 6.97. The Morgan fingerprint density at radius 3 is 2.50 bits per heavy atom. The summed E-state index contributed by atoms with van der Waals surface area (Å²) in [6.07, 6.45) is 2.73. The van der Waals surface area contributed by atoms with Crippen molar-refractivity contribution in [2.24, 2.45) is 0 Å². The number of aromatic nitrogens is 2. The number of hydrogen-bond acceptors (Lipinski definition) is 2. The van der Waals surface area contributed by atoms with Gasteiger partial charge in [-0.15, -0.1) is 0 Å².